The standard InChI is InChI=1S/C29H35N5O7S/c1-16(2)23(25(35)28-31-20-8-5-6-10-22(20)41-28)32-27(37)21-9-7-15-34(21)29(38)24(17(3)4)33-26(36)18-11-13-19(14-12-18)42(30,39)40/h5-6,8,10-14,16-17,21,23-24H,7,9,15H2,1-4H3,(H,32,37)(H,33,36)(H2,30,39,40)/t21-,23-,24-/m0/s1. The summed E-state index contributed by atoms with van der Waals surface area (Å²) in [6.07, 6.45) is 0.969. The van der Waals surface area contributed by atoms with Crippen LogP contribution in [0.15, 0.2) is 57.8 Å². The van der Waals surface area contributed by atoms with E-state index in [0.717, 1.165) is 0 Å². The molecule has 0 unspecified atom stereocenters. The SMILES string of the molecule is CC(C)[C@H](NC(=O)[C@@H]1CCCN1C(=O)[C@@H](NC(=O)c1ccc(S(N)(=O)=O)cc1)C(C)C)C(=O)c1nc2ccccc2o1. The van der Waals surface area contributed by atoms with Crippen LogP contribution in [-0.2, 0) is 19.6 Å². The minimum absolute atomic E-state index is 0.103. The Morgan fingerprint density at radius 1 is 0.952 bits per heavy atom. The van der Waals surface area contributed by atoms with E-state index in [1.54, 1.807) is 52.0 Å². The van der Waals surface area contributed by atoms with Gasteiger partial charge >= 0.3 is 0 Å². The largest absolute Gasteiger partial charge is 0.434 e. The predicted octanol–water partition coefficient (Wildman–Crippen LogP) is 2.24. The van der Waals surface area contributed by atoms with Gasteiger partial charge in [0.25, 0.3) is 11.8 Å². The molecule has 4 rings (SSSR count). The highest BCUT2D eigenvalue weighted by atomic mass is 32.2. The summed E-state index contributed by atoms with van der Waals surface area (Å²) in [5, 5.41) is 10.7. The molecule has 0 spiro atoms. The summed E-state index contributed by atoms with van der Waals surface area (Å²) in [7, 11) is -3.92. The number of sulfonamides is 1. The number of hydrogen-bond acceptors (Lipinski definition) is 8. The first-order chi connectivity index (χ1) is 19.8. The summed E-state index contributed by atoms with van der Waals surface area (Å²) in [6.45, 7) is 7.44. The van der Waals surface area contributed by atoms with E-state index in [-0.39, 0.29) is 28.2 Å². The van der Waals surface area contributed by atoms with Crippen LogP contribution in [0.2, 0.25) is 0 Å². The Kier molecular flexibility index (Phi) is 9.12. The summed E-state index contributed by atoms with van der Waals surface area (Å²) in [5.41, 5.74) is 1.14. The van der Waals surface area contributed by atoms with Gasteiger partial charge in [-0.2, -0.15) is 0 Å². The number of oxazole rings is 1. The van der Waals surface area contributed by atoms with Crippen molar-refractivity contribution in [3.63, 3.8) is 0 Å². The van der Waals surface area contributed by atoms with Crippen LogP contribution < -0.4 is 15.8 Å². The van der Waals surface area contributed by atoms with Crippen molar-refractivity contribution in [2.24, 2.45) is 17.0 Å². The van der Waals surface area contributed by atoms with Crippen molar-refractivity contribution in [2.75, 3.05) is 6.54 Å². The topological polar surface area (TPSA) is 182 Å². The Hall–Kier alpha value is -4.10. The van der Waals surface area contributed by atoms with Gasteiger partial charge in [0, 0.05) is 12.1 Å². The highest BCUT2D eigenvalue weighted by molar-refractivity contribution is 7.89. The van der Waals surface area contributed by atoms with Crippen LogP contribution >= 0.6 is 0 Å². The molecule has 13 heteroatoms. The second-order valence-electron chi connectivity index (χ2n) is 11.0. The number of nitrogens with one attached hydrogen (secondary N) is 2. The molecular formula is C29H35N5O7S. The molecule has 0 saturated carbocycles. The Morgan fingerprint density at radius 2 is 1.60 bits per heavy atom. The molecule has 1 saturated heterocycles. The van der Waals surface area contributed by atoms with E-state index in [1.807, 2.05) is 0 Å². The van der Waals surface area contributed by atoms with Gasteiger partial charge in [0.2, 0.25) is 27.6 Å². The van der Waals surface area contributed by atoms with E-state index in [2.05, 4.69) is 15.6 Å². The monoisotopic (exact) mass is 597 g/mol. The number of Topliss-reactive ketones (excluding diaryl/α,β-unsaturated/α-hetero) is 1. The molecule has 1 aliphatic rings. The molecule has 1 aliphatic heterocycles. The molecule has 3 aromatic rings. The lowest BCUT2D eigenvalue weighted by Gasteiger charge is -2.31. The van der Waals surface area contributed by atoms with Gasteiger partial charge in [0.1, 0.15) is 17.6 Å². The normalized spacial score (nSPS) is 16.9. The molecule has 42 heavy (non-hydrogen) atoms. The highest BCUT2D eigenvalue weighted by Crippen LogP contribution is 2.23. The fraction of sp³-hybridized carbons (Fsp3) is 0.414. The third kappa shape index (κ3) is 6.68. The van der Waals surface area contributed by atoms with Crippen LogP contribution in [0.1, 0.15) is 61.6 Å². The Morgan fingerprint density at radius 3 is 2.19 bits per heavy atom. The van der Waals surface area contributed by atoms with Gasteiger partial charge in [-0.05, 0) is 61.1 Å². The first-order valence-electron chi connectivity index (χ1n) is 13.7. The molecule has 1 aromatic heterocycles. The van der Waals surface area contributed by atoms with Crippen molar-refractivity contribution >= 4 is 44.6 Å². The number of carbonyl (C=O) groups excluding carboxylic acids is 4. The van der Waals surface area contributed by atoms with Crippen LogP contribution in [0.3, 0.4) is 0 Å². The Labute approximate surface area is 244 Å². The molecule has 0 aliphatic carbocycles. The van der Waals surface area contributed by atoms with Gasteiger partial charge in [-0.15, -0.1) is 0 Å². The molecule has 4 N–H and O–H groups in total. The number of amides is 3. The number of fused-ring (bicyclic) bond motifs is 1. The second kappa shape index (κ2) is 12.4. The highest BCUT2D eigenvalue weighted by Gasteiger charge is 2.40. The van der Waals surface area contributed by atoms with E-state index in [1.165, 1.54) is 29.2 Å². The molecule has 12 nitrogen and oxygen atoms in total. The molecule has 2 aromatic carbocycles. The Balaban J connectivity index is 1.47. The number of rotatable bonds is 10. The number of carbonyl (C=O) groups is 4. The average Bonchev–Trinajstić information content (AvgIpc) is 3.61. The van der Waals surface area contributed by atoms with Gasteiger partial charge in [0.15, 0.2) is 5.58 Å². The van der Waals surface area contributed by atoms with Crippen LogP contribution in [0, 0.1) is 11.8 Å². The quantitative estimate of drug-likeness (QED) is 0.297. The van der Waals surface area contributed by atoms with Gasteiger partial charge in [-0.25, -0.2) is 18.5 Å². The van der Waals surface area contributed by atoms with Crippen molar-refractivity contribution in [1.82, 2.24) is 20.5 Å². The first-order valence-corrected chi connectivity index (χ1v) is 15.3. The van der Waals surface area contributed by atoms with Gasteiger partial charge in [0.05, 0.1) is 10.9 Å². The number of aromatic nitrogens is 1. The number of hydrogen-bond donors (Lipinski definition) is 3. The van der Waals surface area contributed by atoms with E-state index >= 15 is 0 Å². The van der Waals surface area contributed by atoms with E-state index < -0.39 is 51.7 Å². The predicted molar refractivity (Wildman–Crippen MR) is 154 cm³/mol. The van der Waals surface area contributed by atoms with Gasteiger partial charge < -0.3 is 20.0 Å². The molecule has 1 fully saturated rings. The number of para-hydroxylation sites is 2. The third-order valence-corrected chi connectivity index (χ3v) is 8.18. The zero-order valence-corrected chi connectivity index (χ0v) is 24.7. The zero-order valence-electron chi connectivity index (χ0n) is 23.9. The lowest BCUT2D eigenvalue weighted by Crippen LogP contribution is -2.57. The number of nitrogens with zero attached hydrogens (tertiary/aromatic N) is 2. The molecular weight excluding hydrogens is 562 g/mol. The number of nitrogens with two attached hydrogens (primary N) is 1. The van der Waals surface area contributed by atoms with Crippen LogP contribution in [0.4, 0.5) is 0 Å². The number of likely N-dealkylation sites (tertiary alicyclic amines) is 1. The van der Waals surface area contributed by atoms with E-state index in [0.29, 0.717) is 30.5 Å². The van der Waals surface area contributed by atoms with Crippen molar-refractivity contribution in [3.05, 3.63) is 60.0 Å². The summed E-state index contributed by atoms with van der Waals surface area (Å²) in [5.74, 6) is -2.66. The lowest BCUT2D eigenvalue weighted by atomic mass is 9.98. The first kappa shape index (κ1) is 30.8. The summed E-state index contributed by atoms with van der Waals surface area (Å²) < 4.78 is 28.7. The fourth-order valence-corrected chi connectivity index (χ4v) is 5.43. The van der Waals surface area contributed by atoms with Crippen molar-refractivity contribution in [1.29, 1.82) is 0 Å². The number of ketones is 1. The number of primary sulfonamides is 1. The Bertz CT molecular complexity index is 1560. The third-order valence-electron chi connectivity index (χ3n) is 7.25. The maximum atomic E-state index is 13.7. The lowest BCUT2D eigenvalue weighted by molar-refractivity contribution is -0.140. The van der Waals surface area contributed by atoms with E-state index in [4.69, 9.17) is 9.56 Å². The van der Waals surface area contributed by atoms with Crippen LogP contribution in [0.25, 0.3) is 11.1 Å². The zero-order chi connectivity index (χ0) is 30.8. The molecule has 3 amide bonds. The van der Waals surface area contributed by atoms with Crippen molar-refractivity contribution in [3.8, 4) is 0 Å². The smallest absolute Gasteiger partial charge is 0.266 e. The van der Waals surface area contributed by atoms with Crippen molar-refractivity contribution in [2.45, 2.75) is 63.6 Å². The maximum absolute atomic E-state index is 13.7. The van der Waals surface area contributed by atoms with Gasteiger partial charge in [-0.1, -0.05) is 39.8 Å². The molecule has 0 radical (unpaired) electrons. The summed E-state index contributed by atoms with van der Waals surface area (Å²) in [6, 6.07) is 9.31. The van der Waals surface area contributed by atoms with Gasteiger partial charge in [-0.3, -0.25) is 19.2 Å². The maximum Gasteiger partial charge on any atom is 0.266 e. The average molecular weight is 598 g/mol. The molecule has 0 bridgehead atoms. The van der Waals surface area contributed by atoms with Crippen LogP contribution in [0.5, 0.6) is 0 Å². The molecule has 224 valence electrons. The second-order valence-corrected chi connectivity index (χ2v) is 12.6. The minimum atomic E-state index is -3.92. The summed E-state index contributed by atoms with van der Waals surface area (Å²) >= 11 is 0. The number of benzene rings is 2. The van der Waals surface area contributed by atoms with Crippen molar-refractivity contribution < 1.29 is 32.0 Å². The molecule has 2 heterocycles. The summed E-state index contributed by atoms with van der Waals surface area (Å²) in [4.78, 5) is 59.0. The van der Waals surface area contributed by atoms with E-state index in [9.17, 15) is 27.6 Å². The minimum Gasteiger partial charge on any atom is -0.434 e. The fourth-order valence-electron chi connectivity index (χ4n) is 4.91. The van der Waals surface area contributed by atoms with Crippen LogP contribution in [-0.4, -0.2) is 66.5 Å². The molecule has 3 atom stereocenters.